The topological polar surface area (TPSA) is 29.0 Å². The SMILES string of the molecule is c1csc(CN2CCc3ncncc3C2)c1. The van der Waals surface area contributed by atoms with Gasteiger partial charge in [0.1, 0.15) is 6.33 Å². The molecule has 0 aliphatic carbocycles. The second-order valence-electron chi connectivity index (χ2n) is 4.03. The summed E-state index contributed by atoms with van der Waals surface area (Å²) in [5, 5.41) is 2.14. The Morgan fingerprint density at radius 1 is 1.44 bits per heavy atom. The van der Waals surface area contributed by atoms with Gasteiger partial charge in [-0.25, -0.2) is 9.97 Å². The Labute approximate surface area is 98.8 Å². The van der Waals surface area contributed by atoms with Gasteiger partial charge in [-0.15, -0.1) is 11.3 Å². The van der Waals surface area contributed by atoms with Gasteiger partial charge in [0.15, 0.2) is 0 Å². The summed E-state index contributed by atoms with van der Waals surface area (Å²) in [6.07, 6.45) is 4.64. The van der Waals surface area contributed by atoms with Crippen molar-refractivity contribution in [2.45, 2.75) is 19.5 Å². The zero-order valence-corrected chi connectivity index (χ0v) is 9.78. The highest BCUT2D eigenvalue weighted by Gasteiger charge is 2.17. The van der Waals surface area contributed by atoms with E-state index in [-0.39, 0.29) is 0 Å². The van der Waals surface area contributed by atoms with Crippen molar-refractivity contribution in [3.8, 4) is 0 Å². The lowest BCUT2D eigenvalue weighted by molar-refractivity contribution is 0.245. The van der Waals surface area contributed by atoms with E-state index in [2.05, 4.69) is 32.4 Å². The molecule has 0 amide bonds. The molecule has 0 aromatic carbocycles. The van der Waals surface area contributed by atoms with Crippen LogP contribution in [0.5, 0.6) is 0 Å². The molecule has 0 bridgehead atoms. The normalized spacial score (nSPS) is 16.0. The molecule has 0 spiro atoms. The number of fused-ring (bicyclic) bond motifs is 1. The molecule has 82 valence electrons. The van der Waals surface area contributed by atoms with Crippen LogP contribution in [0.4, 0.5) is 0 Å². The van der Waals surface area contributed by atoms with Gasteiger partial charge in [0.2, 0.25) is 0 Å². The molecule has 3 heterocycles. The Hall–Kier alpha value is -1.26. The molecule has 3 nitrogen and oxygen atoms in total. The summed E-state index contributed by atoms with van der Waals surface area (Å²) in [6.45, 7) is 3.13. The number of nitrogens with zero attached hydrogens (tertiary/aromatic N) is 3. The minimum atomic E-state index is 0.980. The molecule has 0 N–H and O–H groups in total. The third kappa shape index (κ3) is 1.99. The first-order valence-corrected chi connectivity index (χ1v) is 6.32. The van der Waals surface area contributed by atoms with E-state index in [4.69, 9.17) is 0 Å². The Morgan fingerprint density at radius 2 is 2.44 bits per heavy atom. The maximum atomic E-state index is 4.32. The van der Waals surface area contributed by atoms with Crippen LogP contribution in [0.2, 0.25) is 0 Å². The highest BCUT2D eigenvalue weighted by molar-refractivity contribution is 7.09. The third-order valence-corrected chi connectivity index (χ3v) is 3.76. The van der Waals surface area contributed by atoms with E-state index in [1.807, 2.05) is 17.5 Å². The van der Waals surface area contributed by atoms with Gasteiger partial charge in [-0.1, -0.05) is 6.07 Å². The number of aromatic nitrogens is 2. The molecule has 1 aliphatic rings. The van der Waals surface area contributed by atoms with Crippen LogP contribution in [0.3, 0.4) is 0 Å². The van der Waals surface area contributed by atoms with Crippen LogP contribution in [0.25, 0.3) is 0 Å². The second kappa shape index (κ2) is 4.31. The van der Waals surface area contributed by atoms with Crippen LogP contribution < -0.4 is 0 Å². The quantitative estimate of drug-likeness (QED) is 0.792. The molecule has 2 aromatic rings. The predicted molar refractivity (Wildman–Crippen MR) is 64.2 cm³/mol. The van der Waals surface area contributed by atoms with Gasteiger partial charge in [-0.05, 0) is 11.4 Å². The lowest BCUT2D eigenvalue weighted by Crippen LogP contribution is -2.30. The summed E-state index contributed by atoms with van der Waals surface area (Å²) in [7, 11) is 0. The van der Waals surface area contributed by atoms with Crippen LogP contribution in [-0.4, -0.2) is 21.4 Å². The summed E-state index contributed by atoms with van der Waals surface area (Å²) < 4.78 is 0. The Balaban J connectivity index is 1.73. The standard InChI is InChI=1S/C12H13N3S/c1-2-11(16-5-1)8-15-4-3-12-10(7-15)6-13-9-14-12/h1-2,5-6,9H,3-4,7-8H2. The molecule has 0 saturated carbocycles. The molecular weight excluding hydrogens is 218 g/mol. The maximum Gasteiger partial charge on any atom is 0.115 e. The van der Waals surface area contributed by atoms with Crippen molar-refractivity contribution in [1.82, 2.24) is 14.9 Å². The van der Waals surface area contributed by atoms with Crippen LogP contribution in [-0.2, 0) is 19.5 Å². The molecule has 0 atom stereocenters. The van der Waals surface area contributed by atoms with Crippen molar-refractivity contribution in [1.29, 1.82) is 0 Å². The summed E-state index contributed by atoms with van der Waals surface area (Å²) in [5.41, 5.74) is 2.50. The highest BCUT2D eigenvalue weighted by Crippen LogP contribution is 2.19. The Bertz CT molecular complexity index is 467. The van der Waals surface area contributed by atoms with Crippen LogP contribution >= 0.6 is 11.3 Å². The van der Waals surface area contributed by atoms with Crippen molar-refractivity contribution in [3.05, 3.63) is 46.2 Å². The summed E-state index contributed by atoms with van der Waals surface area (Å²) in [4.78, 5) is 12.3. The monoisotopic (exact) mass is 231 g/mol. The van der Waals surface area contributed by atoms with Gasteiger partial charge in [0.25, 0.3) is 0 Å². The van der Waals surface area contributed by atoms with E-state index in [9.17, 15) is 0 Å². The van der Waals surface area contributed by atoms with Gasteiger partial charge in [0, 0.05) is 48.4 Å². The molecule has 0 radical (unpaired) electrons. The molecule has 16 heavy (non-hydrogen) atoms. The molecule has 3 rings (SSSR count). The lowest BCUT2D eigenvalue weighted by Gasteiger charge is -2.27. The van der Waals surface area contributed by atoms with Crippen molar-refractivity contribution in [3.63, 3.8) is 0 Å². The molecule has 2 aromatic heterocycles. The highest BCUT2D eigenvalue weighted by atomic mass is 32.1. The van der Waals surface area contributed by atoms with Crippen LogP contribution in [0.15, 0.2) is 30.0 Å². The molecule has 4 heteroatoms. The van der Waals surface area contributed by atoms with Gasteiger partial charge in [0.05, 0.1) is 0 Å². The van der Waals surface area contributed by atoms with Crippen molar-refractivity contribution < 1.29 is 0 Å². The van der Waals surface area contributed by atoms with E-state index < -0.39 is 0 Å². The zero-order chi connectivity index (χ0) is 10.8. The van der Waals surface area contributed by atoms with E-state index in [0.29, 0.717) is 0 Å². The van der Waals surface area contributed by atoms with Crippen LogP contribution in [0.1, 0.15) is 16.1 Å². The van der Waals surface area contributed by atoms with Gasteiger partial charge in [-0.3, -0.25) is 4.90 Å². The van der Waals surface area contributed by atoms with Crippen molar-refractivity contribution >= 4 is 11.3 Å². The lowest BCUT2D eigenvalue weighted by atomic mass is 10.1. The molecule has 0 fully saturated rings. The third-order valence-electron chi connectivity index (χ3n) is 2.90. The number of hydrogen-bond donors (Lipinski definition) is 0. The van der Waals surface area contributed by atoms with Gasteiger partial charge in [-0.2, -0.15) is 0 Å². The van der Waals surface area contributed by atoms with E-state index >= 15 is 0 Å². The fraction of sp³-hybridized carbons (Fsp3) is 0.333. The number of hydrogen-bond acceptors (Lipinski definition) is 4. The summed E-state index contributed by atoms with van der Waals surface area (Å²) in [6, 6.07) is 4.31. The first-order chi connectivity index (χ1) is 7.92. The average Bonchev–Trinajstić information content (AvgIpc) is 2.82. The fourth-order valence-corrected chi connectivity index (χ4v) is 2.83. The smallest absolute Gasteiger partial charge is 0.115 e. The fourth-order valence-electron chi connectivity index (χ4n) is 2.08. The number of thiophene rings is 1. The Kier molecular flexibility index (Phi) is 2.68. The molecule has 1 aliphatic heterocycles. The minimum Gasteiger partial charge on any atom is -0.294 e. The van der Waals surface area contributed by atoms with Gasteiger partial charge >= 0.3 is 0 Å². The first kappa shape index (κ1) is 9.93. The number of rotatable bonds is 2. The minimum absolute atomic E-state index is 0.980. The molecule has 0 saturated heterocycles. The average molecular weight is 231 g/mol. The van der Waals surface area contributed by atoms with Gasteiger partial charge < -0.3 is 0 Å². The largest absolute Gasteiger partial charge is 0.294 e. The van der Waals surface area contributed by atoms with E-state index in [1.165, 1.54) is 16.1 Å². The maximum absolute atomic E-state index is 4.32. The van der Waals surface area contributed by atoms with E-state index in [1.54, 1.807) is 6.33 Å². The van der Waals surface area contributed by atoms with Crippen molar-refractivity contribution in [2.75, 3.05) is 6.54 Å². The van der Waals surface area contributed by atoms with Crippen LogP contribution in [0, 0.1) is 0 Å². The predicted octanol–water partition coefficient (Wildman–Crippen LogP) is 2.10. The zero-order valence-electron chi connectivity index (χ0n) is 8.97. The first-order valence-electron chi connectivity index (χ1n) is 5.44. The van der Waals surface area contributed by atoms with E-state index in [0.717, 1.165) is 26.1 Å². The summed E-state index contributed by atoms with van der Waals surface area (Å²) in [5.74, 6) is 0. The molecule has 0 unspecified atom stereocenters. The molecular formula is C12H13N3S. The van der Waals surface area contributed by atoms with Crippen molar-refractivity contribution in [2.24, 2.45) is 0 Å². The summed E-state index contributed by atoms with van der Waals surface area (Å²) >= 11 is 1.82. The second-order valence-corrected chi connectivity index (χ2v) is 5.07. The Morgan fingerprint density at radius 3 is 3.31 bits per heavy atom.